The number of rotatable bonds is 4. The second-order valence-electron chi connectivity index (χ2n) is 5.11. The number of nitrogen functional groups attached to an aromatic ring is 1. The molecule has 2 amide bonds. The van der Waals surface area contributed by atoms with E-state index in [-0.39, 0.29) is 16.1 Å². The lowest BCUT2D eigenvalue weighted by Gasteiger charge is -2.21. The van der Waals surface area contributed by atoms with Crippen molar-refractivity contribution in [1.82, 2.24) is 4.90 Å². The average Bonchev–Trinajstić information content (AvgIpc) is 2.92. The van der Waals surface area contributed by atoms with Crippen LogP contribution in [0.3, 0.4) is 0 Å². The highest BCUT2D eigenvalue weighted by atomic mass is 32.1. The summed E-state index contributed by atoms with van der Waals surface area (Å²) in [5.74, 6) is -1.26. The third-order valence-corrected chi connectivity index (χ3v) is 4.86. The smallest absolute Gasteiger partial charge is 0.260 e. The summed E-state index contributed by atoms with van der Waals surface area (Å²) in [7, 11) is 4.03. The van der Waals surface area contributed by atoms with Crippen molar-refractivity contribution in [3.63, 3.8) is 0 Å². The van der Waals surface area contributed by atoms with Crippen molar-refractivity contribution in [1.29, 1.82) is 0 Å². The van der Waals surface area contributed by atoms with Crippen LogP contribution in [-0.4, -0.2) is 49.9 Å². The molecular weight excluding hydrogens is 278 g/mol. The quantitative estimate of drug-likeness (QED) is 0.703. The fourth-order valence-corrected chi connectivity index (χ4v) is 3.54. The van der Waals surface area contributed by atoms with Gasteiger partial charge in [-0.15, -0.1) is 11.3 Å². The van der Waals surface area contributed by atoms with Crippen LogP contribution in [0.25, 0.3) is 0 Å². The van der Waals surface area contributed by atoms with Crippen LogP contribution in [0, 0.1) is 0 Å². The highest BCUT2D eigenvalue weighted by molar-refractivity contribution is 7.19. The minimum atomic E-state index is -0.635. The Morgan fingerprint density at radius 3 is 2.40 bits per heavy atom. The standard InChI is InChI=1S/C12H19N5O2S/c1-16(2)6-3-4-17(5-6)12-7(10(14)18)8(13)9(20-12)11(15)19/h6H,3-5,13H2,1-2H3,(H2,14,18)(H2,15,19). The summed E-state index contributed by atoms with van der Waals surface area (Å²) in [6.07, 6.45) is 0.981. The molecule has 1 aromatic rings. The Balaban J connectivity index is 2.39. The summed E-state index contributed by atoms with van der Waals surface area (Å²) >= 11 is 1.14. The second kappa shape index (κ2) is 5.29. The second-order valence-corrected chi connectivity index (χ2v) is 6.10. The Hall–Kier alpha value is -1.80. The third-order valence-electron chi connectivity index (χ3n) is 3.58. The molecule has 1 aromatic heterocycles. The van der Waals surface area contributed by atoms with Gasteiger partial charge in [0.1, 0.15) is 9.88 Å². The predicted molar refractivity (Wildman–Crippen MR) is 80.1 cm³/mol. The molecular formula is C12H19N5O2S. The Morgan fingerprint density at radius 1 is 1.30 bits per heavy atom. The fraction of sp³-hybridized carbons (Fsp3) is 0.500. The van der Waals surface area contributed by atoms with Crippen molar-refractivity contribution in [3.8, 4) is 0 Å². The first-order chi connectivity index (χ1) is 9.32. The van der Waals surface area contributed by atoms with Gasteiger partial charge < -0.3 is 27.0 Å². The molecule has 0 aliphatic carbocycles. The van der Waals surface area contributed by atoms with Gasteiger partial charge in [-0.25, -0.2) is 0 Å². The lowest BCUT2D eigenvalue weighted by Crippen LogP contribution is -2.31. The van der Waals surface area contributed by atoms with Crippen LogP contribution in [0.1, 0.15) is 26.5 Å². The minimum Gasteiger partial charge on any atom is -0.397 e. The molecule has 1 aliphatic heterocycles. The van der Waals surface area contributed by atoms with Gasteiger partial charge in [-0.1, -0.05) is 0 Å². The first-order valence-corrected chi connectivity index (χ1v) is 7.07. The molecule has 8 heteroatoms. The summed E-state index contributed by atoms with van der Waals surface area (Å²) < 4.78 is 0. The Labute approximate surface area is 121 Å². The zero-order valence-electron chi connectivity index (χ0n) is 11.5. The molecule has 1 unspecified atom stereocenters. The molecule has 7 nitrogen and oxygen atoms in total. The van der Waals surface area contributed by atoms with E-state index in [9.17, 15) is 9.59 Å². The molecule has 1 aliphatic rings. The maximum Gasteiger partial charge on any atom is 0.260 e. The molecule has 0 bridgehead atoms. The lowest BCUT2D eigenvalue weighted by molar-refractivity contribution is 0.0999. The maximum absolute atomic E-state index is 11.6. The Bertz CT molecular complexity index is 554. The van der Waals surface area contributed by atoms with E-state index in [2.05, 4.69) is 4.90 Å². The van der Waals surface area contributed by atoms with E-state index in [1.807, 2.05) is 19.0 Å². The number of carbonyl (C=O) groups is 2. The van der Waals surface area contributed by atoms with Crippen molar-refractivity contribution in [2.75, 3.05) is 37.8 Å². The largest absolute Gasteiger partial charge is 0.397 e. The normalized spacial score (nSPS) is 18.8. The highest BCUT2D eigenvalue weighted by Gasteiger charge is 2.31. The molecule has 0 radical (unpaired) electrons. The SMILES string of the molecule is CN(C)C1CCN(c2sc(C(N)=O)c(N)c2C(N)=O)C1. The van der Waals surface area contributed by atoms with Gasteiger partial charge in [0.25, 0.3) is 11.8 Å². The number of nitrogens with two attached hydrogens (primary N) is 3. The predicted octanol–water partition coefficient (Wildman–Crippen LogP) is -0.332. The lowest BCUT2D eigenvalue weighted by atomic mass is 10.2. The number of primary amides is 2. The van der Waals surface area contributed by atoms with Gasteiger partial charge in [-0.05, 0) is 20.5 Å². The van der Waals surface area contributed by atoms with Crippen LogP contribution < -0.4 is 22.1 Å². The molecule has 1 fully saturated rings. The minimum absolute atomic E-state index is 0.0957. The fourth-order valence-electron chi connectivity index (χ4n) is 2.42. The highest BCUT2D eigenvalue weighted by Crippen LogP contribution is 2.39. The molecule has 1 saturated heterocycles. The molecule has 0 spiro atoms. The van der Waals surface area contributed by atoms with Gasteiger partial charge in [-0.2, -0.15) is 0 Å². The van der Waals surface area contributed by atoms with E-state index >= 15 is 0 Å². The van der Waals surface area contributed by atoms with Crippen LogP contribution in [0.2, 0.25) is 0 Å². The Morgan fingerprint density at radius 2 is 1.95 bits per heavy atom. The van der Waals surface area contributed by atoms with E-state index in [1.54, 1.807) is 0 Å². The number of anilines is 2. The van der Waals surface area contributed by atoms with Gasteiger partial charge in [0.15, 0.2) is 0 Å². The summed E-state index contributed by atoms with van der Waals surface area (Å²) in [5.41, 5.74) is 16.8. The van der Waals surface area contributed by atoms with Crippen molar-refractivity contribution in [3.05, 3.63) is 10.4 Å². The van der Waals surface area contributed by atoms with Gasteiger partial charge in [-0.3, -0.25) is 9.59 Å². The average molecular weight is 297 g/mol. The number of thiophene rings is 1. The molecule has 0 saturated carbocycles. The van der Waals surface area contributed by atoms with Crippen LogP contribution in [0.4, 0.5) is 10.7 Å². The van der Waals surface area contributed by atoms with E-state index in [4.69, 9.17) is 17.2 Å². The van der Waals surface area contributed by atoms with Crippen LogP contribution in [-0.2, 0) is 0 Å². The maximum atomic E-state index is 11.6. The summed E-state index contributed by atoms with van der Waals surface area (Å²) in [6, 6.07) is 0.399. The first kappa shape index (κ1) is 14.6. The number of hydrogen-bond acceptors (Lipinski definition) is 6. The number of carbonyl (C=O) groups excluding carboxylic acids is 2. The summed E-state index contributed by atoms with van der Waals surface area (Å²) in [6.45, 7) is 1.56. The van der Waals surface area contributed by atoms with Gasteiger partial charge in [0, 0.05) is 19.1 Å². The van der Waals surface area contributed by atoms with Gasteiger partial charge in [0.2, 0.25) is 0 Å². The summed E-state index contributed by atoms with van der Waals surface area (Å²) in [4.78, 5) is 27.4. The van der Waals surface area contributed by atoms with Crippen molar-refractivity contribution >= 4 is 33.8 Å². The molecule has 110 valence electrons. The van der Waals surface area contributed by atoms with Crippen molar-refractivity contribution < 1.29 is 9.59 Å². The Kier molecular flexibility index (Phi) is 3.87. The molecule has 6 N–H and O–H groups in total. The van der Waals surface area contributed by atoms with Gasteiger partial charge >= 0.3 is 0 Å². The van der Waals surface area contributed by atoms with Crippen molar-refractivity contribution in [2.45, 2.75) is 12.5 Å². The molecule has 20 heavy (non-hydrogen) atoms. The zero-order valence-corrected chi connectivity index (χ0v) is 12.4. The molecule has 2 rings (SSSR count). The molecule has 0 aromatic carbocycles. The van der Waals surface area contributed by atoms with E-state index in [0.717, 1.165) is 30.8 Å². The van der Waals surface area contributed by atoms with Crippen LogP contribution in [0.5, 0.6) is 0 Å². The van der Waals surface area contributed by atoms with E-state index in [1.165, 1.54) is 0 Å². The van der Waals surface area contributed by atoms with E-state index < -0.39 is 11.8 Å². The zero-order chi connectivity index (χ0) is 15.0. The number of likely N-dealkylation sites (N-methyl/N-ethyl adjacent to an activating group) is 1. The van der Waals surface area contributed by atoms with Crippen molar-refractivity contribution in [2.24, 2.45) is 11.5 Å². The topological polar surface area (TPSA) is 119 Å². The third kappa shape index (κ3) is 2.44. The summed E-state index contributed by atoms with van der Waals surface area (Å²) in [5, 5.41) is 0.646. The van der Waals surface area contributed by atoms with E-state index in [0.29, 0.717) is 11.0 Å². The van der Waals surface area contributed by atoms with Gasteiger partial charge in [0.05, 0.1) is 11.3 Å². The molecule has 1 atom stereocenters. The monoisotopic (exact) mass is 297 g/mol. The first-order valence-electron chi connectivity index (χ1n) is 6.26. The van der Waals surface area contributed by atoms with Crippen LogP contribution >= 0.6 is 11.3 Å². The van der Waals surface area contributed by atoms with Crippen LogP contribution in [0.15, 0.2) is 0 Å². The number of hydrogen-bond donors (Lipinski definition) is 3. The molecule has 2 heterocycles. The number of nitrogens with zero attached hydrogens (tertiary/aromatic N) is 2. The number of amides is 2.